The molecule has 1 aliphatic heterocycles. The van der Waals surface area contributed by atoms with Gasteiger partial charge in [-0.2, -0.15) is 0 Å². The molecule has 0 atom stereocenters. The summed E-state index contributed by atoms with van der Waals surface area (Å²) in [6, 6.07) is 13.7. The number of ether oxygens (including phenoxy) is 5. The minimum absolute atomic E-state index is 0.193. The lowest BCUT2D eigenvalue weighted by molar-refractivity contribution is 0.00337. The molecule has 0 aliphatic carbocycles. The van der Waals surface area contributed by atoms with Crippen LogP contribution < -0.4 is 9.47 Å². The number of benzene rings is 2. The van der Waals surface area contributed by atoms with E-state index in [-0.39, 0.29) is 11.7 Å². The Bertz CT molecular complexity index is 1090. The standard InChI is InChI=1S/C34H47NO8/c1-3-5-7-8-9-10-11-12-26-39-28-17-19-30(20-18-28)41-29-15-13-27(14-16-29)32(36)43-34(38)42-31-21-23-35(24-22-31)33(37)40-25-6-4-2/h13-20,31H,3-12,21-26H2,1-2H3. The van der Waals surface area contributed by atoms with Crippen LogP contribution in [0.4, 0.5) is 9.59 Å². The van der Waals surface area contributed by atoms with Crippen LogP contribution in [-0.4, -0.2) is 55.5 Å². The number of nitrogens with zero attached hydrogens (tertiary/aromatic N) is 1. The lowest BCUT2D eigenvalue weighted by atomic mass is 10.1. The Labute approximate surface area is 255 Å². The Hall–Kier alpha value is -3.75. The summed E-state index contributed by atoms with van der Waals surface area (Å²) in [5.41, 5.74) is 0.193. The number of unbranched alkanes of at least 4 members (excludes halogenated alkanes) is 8. The third-order valence-electron chi connectivity index (χ3n) is 7.28. The number of esters is 1. The molecule has 0 N–H and O–H groups in total. The Kier molecular flexibility index (Phi) is 15.3. The highest BCUT2D eigenvalue weighted by Gasteiger charge is 2.27. The van der Waals surface area contributed by atoms with E-state index in [2.05, 4.69) is 6.92 Å². The number of likely N-dealkylation sites (tertiary alicyclic amines) is 1. The van der Waals surface area contributed by atoms with Crippen LogP contribution >= 0.6 is 0 Å². The quantitative estimate of drug-likeness (QED) is 0.101. The number of rotatable bonds is 17. The molecule has 1 fully saturated rings. The zero-order valence-corrected chi connectivity index (χ0v) is 25.7. The van der Waals surface area contributed by atoms with Crippen molar-refractivity contribution in [1.29, 1.82) is 0 Å². The zero-order valence-electron chi connectivity index (χ0n) is 25.7. The summed E-state index contributed by atoms with van der Waals surface area (Å²) in [5, 5.41) is 0. The topological polar surface area (TPSA) is 101 Å². The van der Waals surface area contributed by atoms with Gasteiger partial charge in [-0.25, -0.2) is 14.4 Å². The van der Waals surface area contributed by atoms with Crippen molar-refractivity contribution in [3.8, 4) is 17.2 Å². The van der Waals surface area contributed by atoms with E-state index in [4.69, 9.17) is 23.7 Å². The summed E-state index contributed by atoms with van der Waals surface area (Å²) in [6.45, 7) is 6.19. The summed E-state index contributed by atoms with van der Waals surface area (Å²) in [7, 11) is 0. The van der Waals surface area contributed by atoms with Crippen molar-refractivity contribution in [2.75, 3.05) is 26.3 Å². The van der Waals surface area contributed by atoms with Gasteiger partial charge in [0.25, 0.3) is 0 Å². The van der Waals surface area contributed by atoms with Gasteiger partial charge in [-0.3, -0.25) is 0 Å². The van der Waals surface area contributed by atoms with E-state index < -0.39 is 18.2 Å². The maximum absolute atomic E-state index is 12.4. The second-order valence-electron chi connectivity index (χ2n) is 10.8. The van der Waals surface area contributed by atoms with Crippen LogP contribution in [0.1, 0.15) is 101 Å². The van der Waals surface area contributed by atoms with Crippen LogP contribution in [0.15, 0.2) is 48.5 Å². The molecule has 1 saturated heterocycles. The van der Waals surface area contributed by atoms with Crippen LogP contribution in [0.25, 0.3) is 0 Å². The van der Waals surface area contributed by atoms with Crippen molar-refractivity contribution in [1.82, 2.24) is 4.90 Å². The summed E-state index contributed by atoms with van der Waals surface area (Å²) >= 11 is 0. The molecule has 1 amide bonds. The minimum Gasteiger partial charge on any atom is -0.494 e. The van der Waals surface area contributed by atoms with E-state index >= 15 is 0 Å². The number of hydrogen-bond acceptors (Lipinski definition) is 8. The van der Waals surface area contributed by atoms with Gasteiger partial charge in [0.05, 0.1) is 18.8 Å². The molecule has 0 unspecified atom stereocenters. The third kappa shape index (κ3) is 13.0. The van der Waals surface area contributed by atoms with E-state index in [1.54, 1.807) is 17.0 Å². The molecule has 236 valence electrons. The lowest BCUT2D eigenvalue weighted by Crippen LogP contribution is -2.41. The first-order valence-electron chi connectivity index (χ1n) is 15.8. The van der Waals surface area contributed by atoms with Crippen LogP contribution in [0.3, 0.4) is 0 Å². The first-order chi connectivity index (χ1) is 21.0. The van der Waals surface area contributed by atoms with Gasteiger partial charge in [0.15, 0.2) is 0 Å². The smallest absolute Gasteiger partial charge is 0.494 e. The predicted molar refractivity (Wildman–Crippen MR) is 164 cm³/mol. The number of carbonyl (C=O) groups is 3. The normalized spacial score (nSPS) is 13.3. The fourth-order valence-corrected chi connectivity index (χ4v) is 4.67. The molecule has 9 nitrogen and oxygen atoms in total. The Balaban J connectivity index is 1.32. The van der Waals surface area contributed by atoms with Gasteiger partial charge in [-0.05, 0) is 61.4 Å². The summed E-state index contributed by atoms with van der Waals surface area (Å²) in [5.74, 6) is 1.16. The maximum Gasteiger partial charge on any atom is 0.516 e. The van der Waals surface area contributed by atoms with E-state index in [9.17, 15) is 14.4 Å². The summed E-state index contributed by atoms with van der Waals surface area (Å²) in [4.78, 5) is 38.2. The van der Waals surface area contributed by atoms with Gasteiger partial charge < -0.3 is 28.6 Å². The molecule has 0 radical (unpaired) electrons. The average molecular weight is 598 g/mol. The summed E-state index contributed by atoms with van der Waals surface area (Å²) < 4.78 is 27.1. The van der Waals surface area contributed by atoms with Crippen molar-refractivity contribution in [3.05, 3.63) is 54.1 Å². The number of hydrogen-bond donors (Lipinski definition) is 0. The molecule has 3 rings (SSSR count). The largest absolute Gasteiger partial charge is 0.516 e. The van der Waals surface area contributed by atoms with Crippen molar-refractivity contribution in [3.63, 3.8) is 0 Å². The van der Waals surface area contributed by atoms with Crippen molar-refractivity contribution < 1.29 is 38.1 Å². The van der Waals surface area contributed by atoms with Crippen molar-refractivity contribution >= 4 is 18.2 Å². The second-order valence-corrected chi connectivity index (χ2v) is 10.8. The van der Waals surface area contributed by atoms with Gasteiger partial charge in [-0.15, -0.1) is 0 Å². The maximum atomic E-state index is 12.4. The van der Waals surface area contributed by atoms with E-state index in [0.29, 0.717) is 50.6 Å². The van der Waals surface area contributed by atoms with E-state index in [1.807, 2.05) is 31.2 Å². The first kappa shape index (κ1) is 33.7. The average Bonchev–Trinajstić information content (AvgIpc) is 3.01. The van der Waals surface area contributed by atoms with Gasteiger partial charge >= 0.3 is 18.2 Å². The van der Waals surface area contributed by atoms with Gasteiger partial charge in [0, 0.05) is 25.9 Å². The van der Waals surface area contributed by atoms with Crippen LogP contribution in [0.2, 0.25) is 0 Å². The van der Waals surface area contributed by atoms with Crippen molar-refractivity contribution in [2.24, 2.45) is 0 Å². The van der Waals surface area contributed by atoms with Crippen LogP contribution in [0.5, 0.6) is 17.2 Å². The highest BCUT2D eigenvalue weighted by atomic mass is 16.7. The minimum atomic E-state index is -1.06. The number of amides is 1. The van der Waals surface area contributed by atoms with Crippen molar-refractivity contribution in [2.45, 2.75) is 97.0 Å². The van der Waals surface area contributed by atoms with Crippen LogP contribution in [-0.2, 0) is 14.2 Å². The molecular weight excluding hydrogens is 550 g/mol. The zero-order chi connectivity index (χ0) is 30.7. The molecule has 0 bridgehead atoms. The Morgan fingerprint density at radius 3 is 1.88 bits per heavy atom. The molecule has 0 spiro atoms. The van der Waals surface area contributed by atoms with E-state index in [1.165, 1.54) is 57.1 Å². The highest BCUT2D eigenvalue weighted by molar-refractivity contribution is 5.95. The molecular formula is C34H47NO8. The summed E-state index contributed by atoms with van der Waals surface area (Å²) in [6.07, 6.45) is 10.9. The molecule has 2 aromatic rings. The van der Waals surface area contributed by atoms with E-state index in [0.717, 1.165) is 25.0 Å². The molecule has 2 aromatic carbocycles. The van der Waals surface area contributed by atoms with Crippen LogP contribution in [0, 0.1) is 0 Å². The molecule has 1 heterocycles. The molecule has 1 aliphatic rings. The first-order valence-corrected chi connectivity index (χ1v) is 15.8. The highest BCUT2D eigenvalue weighted by Crippen LogP contribution is 2.25. The monoisotopic (exact) mass is 597 g/mol. The predicted octanol–water partition coefficient (Wildman–Crippen LogP) is 8.69. The van der Waals surface area contributed by atoms with Gasteiger partial charge in [0.2, 0.25) is 0 Å². The molecule has 9 heteroatoms. The third-order valence-corrected chi connectivity index (χ3v) is 7.28. The lowest BCUT2D eigenvalue weighted by Gasteiger charge is -2.30. The molecule has 0 aromatic heterocycles. The Morgan fingerprint density at radius 2 is 1.26 bits per heavy atom. The second kappa shape index (κ2) is 19.4. The number of carbonyl (C=O) groups excluding carboxylic acids is 3. The number of piperidine rings is 1. The molecule has 0 saturated carbocycles. The van der Waals surface area contributed by atoms with Gasteiger partial charge in [0.1, 0.15) is 23.4 Å². The SMILES string of the molecule is CCCCCCCCCCOc1ccc(Oc2ccc(C(=O)OC(=O)OC3CCN(C(=O)OCCCC)CC3)cc2)cc1. The molecule has 43 heavy (non-hydrogen) atoms. The fourth-order valence-electron chi connectivity index (χ4n) is 4.67. The Morgan fingerprint density at radius 1 is 0.698 bits per heavy atom. The fraction of sp³-hybridized carbons (Fsp3) is 0.559. The van der Waals surface area contributed by atoms with Gasteiger partial charge in [-0.1, -0.05) is 65.2 Å².